The molecule has 88 valence electrons. The quantitative estimate of drug-likeness (QED) is 0.652. The number of anilines is 1. The van der Waals surface area contributed by atoms with Crippen molar-refractivity contribution >= 4 is 5.69 Å². The van der Waals surface area contributed by atoms with E-state index in [2.05, 4.69) is 60.5 Å². The van der Waals surface area contributed by atoms with E-state index in [4.69, 9.17) is 0 Å². The van der Waals surface area contributed by atoms with Gasteiger partial charge < -0.3 is 4.90 Å². The van der Waals surface area contributed by atoms with E-state index >= 15 is 0 Å². The highest BCUT2D eigenvalue weighted by Gasteiger charge is 2.22. The first kappa shape index (κ1) is 10.6. The molecule has 0 spiro atoms. The third kappa shape index (κ3) is 2.02. The number of nitrogens with zero attached hydrogens (tertiary/aromatic N) is 1. The molecular formula is C16H19N. The van der Waals surface area contributed by atoms with Gasteiger partial charge in [-0.15, -0.1) is 0 Å². The minimum atomic E-state index is 0.538. The zero-order chi connectivity index (χ0) is 11.7. The number of likely N-dealkylation sites (N-methyl/N-ethyl adjacent to an activating group) is 1. The van der Waals surface area contributed by atoms with Crippen LogP contribution in [0.4, 0.5) is 5.69 Å². The zero-order valence-corrected chi connectivity index (χ0v) is 10.3. The van der Waals surface area contributed by atoms with E-state index in [1.54, 1.807) is 0 Å². The number of aryl methyl sites for hydroxylation is 1. The van der Waals surface area contributed by atoms with Crippen LogP contribution in [0, 0.1) is 5.92 Å². The smallest absolute Gasteiger partial charge is 0.0478 e. The van der Waals surface area contributed by atoms with Crippen LogP contribution in [0.5, 0.6) is 0 Å². The standard InChI is InChI=1S/C16H19N/c1-17-15-8-4-2-6-13(12-15)10-11-14-7-3-5-9-16(14)17/h2-9,13,15H,10-12H2,1H3. The number of allylic oxidation sites excluding steroid dienone is 3. The van der Waals surface area contributed by atoms with E-state index in [0.29, 0.717) is 6.04 Å². The summed E-state index contributed by atoms with van der Waals surface area (Å²) >= 11 is 0. The van der Waals surface area contributed by atoms with Crippen molar-refractivity contribution in [1.82, 2.24) is 0 Å². The highest BCUT2D eigenvalue weighted by Crippen LogP contribution is 2.31. The summed E-state index contributed by atoms with van der Waals surface area (Å²) in [6, 6.07) is 9.37. The lowest BCUT2D eigenvalue weighted by Gasteiger charge is -2.33. The van der Waals surface area contributed by atoms with Gasteiger partial charge in [0.1, 0.15) is 0 Å². The second-order valence-electron chi connectivity index (χ2n) is 5.11. The van der Waals surface area contributed by atoms with Gasteiger partial charge in [0.15, 0.2) is 0 Å². The molecular weight excluding hydrogens is 206 g/mol. The molecule has 1 aromatic rings. The molecule has 0 fully saturated rings. The van der Waals surface area contributed by atoms with Gasteiger partial charge in [-0.25, -0.2) is 0 Å². The largest absolute Gasteiger partial charge is 0.368 e. The van der Waals surface area contributed by atoms with Crippen molar-refractivity contribution in [2.24, 2.45) is 5.92 Å². The normalized spacial score (nSPS) is 27.0. The van der Waals surface area contributed by atoms with E-state index in [0.717, 1.165) is 5.92 Å². The second kappa shape index (κ2) is 4.40. The number of benzene rings is 1. The van der Waals surface area contributed by atoms with Gasteiger partial charge in [0.25, 0.3) is 0 Å². The van der Waals surface area contributed by atoms with Crippen molar-refractivity contribution in [2.45, 2.75) is 25.3 Å². The first-order chi connectivity index (χ1) is 8.34. The molecule has 2 aliphatic rings. The lowest BCUT2D eigenvalue weighted by molar-refractivity contribution is 0.496. The number of fused-ring (bicyclic) bond motifs is 3. The first-order valence-electron chi connectivity index (χ1n) is 6.50. The lowest BCUT2D eigenvalue weighted by Crippen LogP contribution is -2.33. The summed E-state index contributed by atoms with van der Waals surface area (Å²) in [5.41, 5.74) is 2.90. The second-order valence-corrected chi connectivity index (χ2v) is 5.11. The van der Waals surface area contributed by atoms with Crippen molar-refractivity contribution in [1.29, 1.82) is 0 Å². The van der Waals surface area contributed by atoms with Crippen LogP contribution in [0.2, 0.25) is 0 Å². The summed E-state index contributed by atoms with van der Waals surface area (Å²) in [4.78, 5) is 2.44. The maximum absolute atomic E-state index is 2.44. The average Bonchev–Trinajstić information content (AvgIpc) is 2.61. The summed E-state index contributed by atoms with van der Waals surface area (Å²) < 4.78 is 0. The molecule has 2 atom stereocenters. The molecule has 3 rings (SSSR count). The summed E-state index contributed by atoms with van der Waals surface area (Å²) in [5.74, 6) is 0.728. The van der Waals surface area contributed by atoms with Crippen LogP contribution in [-0.4, -0.2) is 13.1 Å². The van der Waals surface area contributed by atoms with Crippen LogP contribution in [0.1, 0.15) is 18.4 Å². The number of hydrogen-bond acceptors (Lipinski definition) is 1. The van der Waals surface area contributed by atoms with Crippen LogP contribution in [0.15, 0.2) is 48.6 Å². The molecule has 0 aromatic heterocycles. The van der Waals surface area contributed by atoms with E-state index < -0.39 is 0 Å². The van der Waals surface area contributed by atoms with Gasteiger partial charge in [-0.3, -0.25) is 0 Å². The molecule has 1 heterocycles. The van der Waals surface area contributed by atoms with E-state index in [9.17, 15) is 0 Å². The van der Waals surface area contributed by atoms with Crippen LogP contribution >= 0.6 is 0 Å². The van der Waals surface area contributed by atoms with Crippen LogP contribution in [0.3, 0.4) is 0 Å². The Morgan fingerprint density at radius 2 is 1.94 bits per heavy atom. The van der Waals surface area contributed by atoms with Crippen molar-refractivity contribution in [2.75, 3.05) is 11.9 Å². The summed E-state index contributed by atoms with van der Waals surface area (Å²) in [6.45, 7) is 0. The Morgan fingerprint density at radius 3 is 2.88 bits per heavy atom. The average molecular weight is 225 g/mol. The number of hydrogen-bond donors (Lipinski definition) is 0. The molecule has 1 aromatic carbocycles. The highest BCUT2D eigenvalue weighted by atomic mass is 15.1. The predicted molar refractivity (Wildman–Crippen MR) is 73.3 cm³/mol. The first-order valence-corrected chi connectivity index (χ1v) is 6.50. The molecule has 1 heteroatoms. The van der Waals surface area contributed by atoms with Crippen molar-refractivity contribution < 1.29 is 0 Å². The molecule has 1 aliphatic carbocycles. The van der Waals surface area contributed by atoms with Crippen LogP contribution in [-0.2, 0) is 6.42 Å². The lowest BCUT2D eigenvalue weighted by atomic mass is 9.90. The fourth-order valence-corrected chi connectivity index (χ4v) is 2.97. The van der Waals surface area contributed by atoms with Gasteiger partial charge in [-0.1, -0.05) is 42.5 Å². The maximum atomic E-state index is 2.44. The van der Waals surface area contributed by atoms with E-state index in [1.807, 2.05) is 0 Å². The maximum Gasteiger partial charge on any atom is 0.0478 e. The number of para-hydroxylation sites is 1. The Hall–Kier alpha value is -1.50. The fraction of sp³-hybridized carbons (Fsp3) is 0.375. The minimum absolute atomic E-state index is 0.538. The Balaban J connectivity index is 2.02. The van der Waals surface area contributed by atoms with Crippen molar-refractivity contribution in [3.63, 3.8) is 0 Å². The molecule has 2 unspecified atom stereocenters. The van der Waals surface area contributed by atoms with Crippen molar-refractivity contribution in [3.05, 3.63) is 54.1 Å². The van der Waals surface area contributed by atoms with Gasteiger partial charge in [-0.05, 0) is 36.8 Å². The third-order valence-electron chi connectivity index (χ3n) is 4.03. The van der Waals surface area contributed by atoms with Crippen molar-refractivity contribution in [3.8, 4) is 0 Å². The molecule has 0 N–H and O–H groups in total. The Morgan fingerprint density at radius 1 is 1.12 bits per heavy atom. The van der Waals surface area contributed by atoms with Crippen LogP contribution in [0.25, 0.3) is 0 Å². The number of rotatable bonds is 0. The predicted octanol–water partition coefficient (Wildman–Crippen LogP) is 3.57. The molecule has 1 nitrogen and oxygen atoms in total. The summed E-state index contributed by atoms with van der Waals surface area (Å²) in [5, 5.41) is 0. The Bertz CT molecular complexity index is 458. The molecule has 0 amide bonds. The monoisotopic (exact) mass is 225 g/mol. The van der Waals surface area contributed by atoms with Gasteiger partial charge >= 0.3 is 0 Å². The highest BCUT2D eigenvalue weighted by molar-refractivity contribution is 5.55. The molecule has 1 aliphatic heterocycles. The Kier molecular flexibility index (Phi) is 2.76. The summed E-state index contributed by atoms with van der Waals surface area (Å²) in [7, 11) is 2.22. The van der Waals surface area contributed by atoms with E-state index in [1.165, 1.54) is 30.5 Å². The third-order valence-corrected chi connectivity index (χ3v) is 4.03. The van der Waals surface area contributed by atoms with Gasteiger partial charge in [0, 0.05) is 18.8 Å². The van der Waals surface area contributed by atoms with Gasteiger partial charge in [0.2, 0.25) is 0 Å². The molecule has 0 saturated carbocycles. The topological polar surface area (TPSA) is 3.24 Å². The molecule has 0 radical (unpaired) electrons. The zero-order valence-electron chi connectivity index (χ0n) is 10.3. The Labute approximate surface area is 103 Å². The molecule has 0 saturated heterocycles. The van der Waals surface area contributed by atoms with Gasteiger partial charge in [0.05, 0.1) is 0 Å². The van der Waals surface area contributed by atoms with E-state index in [-0.39, 0.29) is 0 Å². The fourth-order valence-electron chi connectivity index (χ4n) is 2.97. The minimum Gasteiger partial charge on any atom is -0.368 e. The SMILES string of the molecule is CN1c2ccccc2CCC2C=CC=CC1C2. The summed E-state index contributed by atoms with van der Waals surface area (Å²) in [6.07, 6.45) is 12.8. The molecule has 17 heavy (non-hydrogen) atoms. The molecule has 2 bridgehead atoms. The van der Waals surface area contributed by atoms with Crippen LogP contribution < -0.4 is 4.90 Å². The van der Waals surface area contributed by atoms with Gasteiger partial charge in [-0.2, -0.15) is 0 Å².